The molecule has 1 atom stereocenters. The van der Waals surface area contributed by atoms with Gasteiger partial charge in [-0.25, -0.2) is 0 Å². The van der Waals surface area contributed by atoms with Gasteiger partial charge in [0.25, 0.3) is 0 Å². The van der Waals surface area contributed by atoms with Crippen LogP contribution in [-0.4, -0.2) is 21.0 Å². The molecule has 0 bridgehead atoms. The fourth-order valence-electron chi connectivity index (χ4n) is 1.27. The van der Waals surface area contributed by atoms with E-state index in [0.717, 1.165) is 20.2 Å². The van der Waals surface area contributed by atoms with Crippen molar-refractivity contribution in [2.45, 2.75) is 64.5 Å². The zero-order valence-corrected chi connectivity index (χ0v) is 12.7. The van der Waals surface area contributed by atoms with Crippen LogP contribution >= 0.6 is 0 Å². The van der Waals surface area contributed by atoms with Gasteiger partial charge in [-0.05, 0) is 0 Å². The van der Waals surface area contributed by atoms with Gasteiger partial charge in [-0.1, -0.05) is 0 Å². The van der Waals surface area contributed by atoms with Crippen molar-refractivity contribution >= 4 is 21.0 Å². The van der Waals surface area contributed by atoms with E-state index in [0.29, 0.717) is 0 Å². The summed E-state index contributed by atoms with van der Waals surface area (Å²) in [6, 6.07) is 0. The van der Waals surface area contributed by atoms with Crippen molar-refractivity contribution in [2.24, 2.45) is 5.92 Å². The summed E-state index contributed by atoms with van der Waals surface area (Å²) in [5.41, 5.74) is 0. The van der Waals surface area contributed by atoms with E-state index in [-0.39, 0.29) is 0 Å². The fraction of sp³-hybridized carbons (Fsp3) is 1.00. The SMILES string of the molecule is CCCCC(CC)C[Se][Si](C)(C)C. The minimum atomic E-state index is -0.713. The summed E-state index contributed by atoms with van der Waals surface area (Å²) in [7, 11) is 0. The van der Waals surface area contributed by atoms with E-state index in [1.54, 1.807) is 5.32 Å². The average molecular weight is 265 g/mol. The van der Waals surface area contributed by atoms with Crippen molar-refractivity contribution in [2.75, 3.05) is 0 Å². The van der Waals surface area contributed by atoms with E-state index in [2.05, 4.69) is 33.5 Å². The van der Waals surface area contributed by atoms with Gasteiger partial charge in [0.2, 0.25) is 0 Å². The predicted octanol–water partition coefficient (Wildman–Crippen LogP) is 4.16. The molecule has 0 aromatic heterocycles. The molecular formula is C11H26SeSi. The molecule has 0 fully saturated rings. The van der Waals surface area contributed by atoms with E-state index in [4.69, 9.17) is 0 Å². The van der Waals surface area contributed by atoms with Crippen molar-refractivity contribution < 1.29 is 0 Å². The first kappa shape index (κ1) is 13.7. The second kappa shape index (κ2) is 7.08. The van der Waals surface area contributed by atoms with Crippen LogP contribution in [0.4, 0.5) is 0 Å². The van der Waals surface area contributed by atoms with Crippen molar-refractivity contribution in [1.29, 1.82) is 0 Å². The zero-order valence-electron chi connectivity index (χ0n) is 10.0. The number of rotatable bonds is 7. The van der Waals surface area contributed by atoms with Crippen LogP contribution in [0.25, 0.3) is 0 Å². The van der Waals surface area contributed by atoms with Gasteiger partial charge in [-0.3, -0.25) is 0 Å². The van der Waals surface area contributed by atoms with E-state index >= 15 is 0 Å². The van der Waals surface area contributed by atoms with Gasteiger partial charge in [0.15, 0.2) is 0 Å². The summed E-state index contributed by atoms with van der Waals surface area (Å²) < 4.78 is 0. The van der Waals surface area contributed by atoms with Crippen molar-refractivity contribution in [3.8, 4) is 0 Å². The third-order valence-electron chi connectivity index (χ3n) is 2.30. The second-order valence-corrected chi connectivity index (χ2v) is 19.6. The fourth-order valence-corrected chi connectivity index (χ4v) is 7.48. The van der Waals surface area contributed by atoms with E-state index in [9.17, 15) is 0 Å². The monoisotopic (exact) mass is 266 g/mol. The molecule has 0 aliphatic heterocycles. The van der Waals surface area contributed by atoms with Gasteiger partial charge >= 0.3 is 91.4 Å². The predicted molar refractivity (Wildman–Crippen MR) is 67.2 cm³/mol. The molecule has 13 heavy (non-hydrogen) atoms. The Bertz CT molecular complexity index is 118. The number of hydrogen-bond donors (Lipinski definition) is 0. The minimum absolute atomic E-state index is 0.713. The molecule has 0 saturated carbocycles. The van der Waals surface area contributed by atoms with Gasteiger partial charge in [0.05, 0.1) is 0 Å². The quantitative estimate of drug-likeness (QED) is 0.606. The second-order valence-electron chi connectivity index (χ2n) is 4.84. The Morgan fingerprint density at radius 2 is 1.77 bits per heavy atom. The zero-order chi connectivity index (χ0) is 10.3. The summed E-state index contributed by atoms with van der Waals surface area (Å²) in [5.74, 6) is 1.05. The molecule has 0 N–H and O–H groups in total. The number of unbranched alkanes of at least 4 members (excludes halogenated alkanes) is 1. The van der Waals surface area contributed by atoms with Crippen molar-refractivity contribution in [1.82, 2.24) is 0 Å². The Morgan fingerprint density at radius 3 is 2.15 bits per heavy atom. The van der Waals surface area contributed by atoms with E-state index < -0.39 is 6.68 Å². The molecule has 0 heterocycles. The molecule has 1 unspecified atom stereocenters. The standard InChI is InChI=1S/C11H26SeSi/c1-6-8-9-11(7-2)10-12-13(3,4)5/h11H,6-10H2,1-5H3. The summed E-state index contributed by atoms with van der Waals surface area (Å²) in [6.07, 6.45) is 5.71. The maximum atomic E-state index is 2.51. The van der Waals surface area contributed by atoms with Gasteiger partial charge < -0.3 is 0 Å². The van der Waals surface area contributed by atoms with Crippen LogP contribution in [0.3, 0.4) is 0 Å². The van der Waals surface area contributed by atoms with Gasteiger partial charge in [0.1, 0.15) is 0 Å². The van der Waals surface area contributed by atoms with E-state index in [1.165, 1.54) is 25.7 Å². The molecule has 0 nitrogen and oxygen atoms in total. The van der Waals surface area contributed by atoms with Gasteiger partial charge in [0, 0.05) is 0 Å². The van der Waals surface area contributed by atoms with Crippen LogP contribution in [0.2, 0.25) is 25.0 Å². The van der Waals surface area contributed by atoms with Crippen LogP contribution in [0, 0.1) is 5.92 Å². The molecule has 0 radical (unpaired) electrons. The van der Waals surface area contributed by atoms with Gasteiger partial charge in [-0.15, -0.1) is 0 Å². The third-order valence-corrected chi connectivity index (χ3v) is 10.8. The molecule has 0 rings (SSSR count). The molecular weight excluding hydrogens is 239 g/mol. The Morgan fingerprint density at radius 1 is 1.15 bits per heavy atom. The van der Waals surface area contributed by atoms with Crippen molar-refractivity contribution in [3.05, 3.63) is 0 Å². The third kappa shape index (κ3) is 9.05. The first-order valence-electron chi connectivity index (χ1n) is 5.63. The number of hydrogen-bond acceptors (Lipinski definition) is 0. The average Bonchev–Trinajstić information content (AvgIpc) is 2.03. The first-order valence-corrected chi connectivity index (χ1v) is 12.8. The van der Waals surface area contributed by atoms with Crippen LogP contribution in [0.5, 0.6) is 0 Å². The molecule has 0 aliphatic carbocycles. The molecule has 0 aliphatic rings. The summed E-state index contributed by atoms with van der Waals surface area (Å²) in [4.78, 5) is 0. The van der Waals surface area contributed by atoms with Crippen LogP contribution in [0.1, 0.15) is 39.5 Å². The molecule has 0 amide bonds. The molecule has 0 aromatic rings. The Labute approximate surface area is 91.5 Å². The van der Waals surface area contributed by atoms with E-state index in [1.807, 2.05) is 0 Å². The molecule has 80 valence electrons. The Kier molecular flexibility index (Phi) is 7.49. The van der Waals surface area contributed by atoms with Gasteiger partial charge in [-0.2, -0.15) is 0 Å². The topological polar surface area (TPSA) is 0 Å². The van der Waals surface area contributed by atoms with Crippen molar-refractivity contribution in [3.63, 3.8) is 0 Å². The summed E-state index contributed by atoms with van der Waals surface area (Å²) >= 11 is 0.974. The Hall–Kier alpha value is 0.736. The summed E-state index contributed by atoms with van der Waals surface area (Å²) in [5, 5.41) is 1.55. The maximum absolute atomic E-state index is 2.51. The molecule has 0 aromatic carbocycles. The molecule has 2 heteroatoms. The van der Waals surface area contributed by atoms with Crippen LogP contribution in [0.15, 0.2) is 0 Å². The normalized spacial score (nSPS) is 14.5. The summed E-state index contributed by atoms with van der Waals surface area (Å²) in [6.45, 7) is 11.5. The molecule has 0 saturated heterocycles. The van der Waals surface area contributed by atoms with Crippen LogP contribution in [-0.2, 0) is 0 Å². The first-order chi connectivity index (χ1) is 5.99. The Balaban J connectivity index is 3.59. The van der Waals surface area contributed by atoms with Crippen LogP contribution < -0.4 is 0 Å². The molecule has 0 spiro atoms.